The number of hydrogen-bond acceptors (Lipinski definition) is 7. The van der Waals surface area contributed by atoms with Crippen LogP contribution in [0.4, 0.5) is 0 Å². The minimum absolute atomic E-state index is 0.234. The molecule has 1 amide bonds. The molecular formula is C22H23N7O2S. The molecule has 0 aliphatic rings. The number of carbonyl (C=O) groups excluding carboxylic acids is 1. The van der Waals surface area contributed by atoms with E-state index in [0.717, 1.165) is 16.8 Å². The van der Waals surface area contributed by atoms with Gasteiger partial charge < -0.3 is 5.32 Å². The van der Waals surface area contributed by atoms with Crippen LogP contribution in [0, 0.1) is 20.8 Å². The van der Waals surface area contributed by atoms with Crippen LogP contribution in [-0.4, -0.2) is 35.4 Å². The van der Waals surface area contributed by atoms with E-state index in [2.05, 4.69) is 25.5 Å². The number of nitrogens with zero attached hydrogens (tertiary/aromatic N) is 6. The molecule has 1 atom stereocenters. The van der Waals surface area contributed by atoms with Crippen molar-refractivity contribution >= 4 is 17.2 Å². The summed E-state index contributed by atoms with van der Waals surface area (Å²) in [5, 5.41) is 12.0. The quantitative estimate of drug-likeness (QED) is 0.485. The van der Waals surface area contributed by atoms with Crippen LogP contribution in [-0.2, 0) is 13.6 Å². The van der Waals surface area contributed by atoms with E-state index in [-0.39, 0.29) is 17.5 Å². The smallest absolute Gasteiger partial charge is 0.277 e. The molecule has 1 aromatic carbocycles. The highest BCUT2D eigenvalue weighted by atomic mass is 32.1. The Bertz CT molecular complexity index is 1310. The van der Waals surface area contributed by atoms with E-state index in [1.807, 2.05) is 44.2 Å². The minimum atomic E-state index is -0.312. The Kier molecular flexibility index (Phi) is 5.95. The van der Waals surface area contributed by atoms with E-state index >= 15 is 0 Å². The molecule has 3 aromatic heterocycles. The lowest BCUT2D eigenvalue weighted by molar-refractivity contribution is 0.0935. The molecule has 10 heteroatoms. The number of aryl methyl sites for hydroxylation is 3. The molecule has 0 bridgehead atoms. The van der Waals surface area contributed by atoms with E-state index in [9.17, 15) is 9.59 Å². The lowest BCUT2D eigenvalue weighted by Gasteiger charge is -2.19. The fourth-order valence-corrected chi connectivity index (χ4v) is 4.54. The molecule has 3 heterocycles. The number of thiazole rings is 1. The first-order valence-electron chi connectivity index (χ1n) is 10.1. The Hall–Kier alpha value is -3.66. The zero-order valence-corrected chi connectivity index (χ0v) is 19.1. The van der Waals surface area contributed by atoms with Crippen LogP contribution >= 0.6 is 11.3 Å². The molecule has 0 fully saturated rings. The van der Waals surface area contributed by atoms with Crippen LogP contribution in [0.5, 0.6) is 0 Å². The lowest BCUT2D eigenvalue weighted by atomic mass is 10.1. The summed E-state index contributed by atoms with van der Waals surface area (Å²) in [6.07, 6.45) is 3.07. The molecule has 0 saturated carbocycles. The third-order valence-electron chi connectivity index (χ3n) is 5.29. The van der Waals surface area contributed by atoms with Gasteiger partial charge in [-0.3, -0.25) is 14.3 Å². The Morgan fingerprint density at radius 2 is 1.91 bits per heavy atom. The second kappa shape index (κ2) is 8.83. The first-order chi connectivity index (χ1) is 15.3. The van der Waals surface area contributed by atoms with Gasteiger partial charge in [-0.2, -0.15) is 10.2 Å². The molecule has 1 unspecified atom stereocenters. The molecular weight excluding hydrogens is 426 g/mol. The van der Waals surface area contributed by atoms with Gasteiger partial charge in [0.05, 0.1) is 29.5 Å². The van der Waals surface area contributed by atoms with Gasteiger partial charge in [0.15, 0.2) is 0 Å². The van der Waals surface area contributed by atoms with E-state index in [0.29, 0.717) is 27.7 Å². The number of hydrogen-bond donors (Lipinski definition) is 1. The van der Waals surface area contributed by atoms with Crippen molar-refractivity contribution in [3.05, 3.63) is 80.7 Å². The maximum absolute atomic E-state index is 13.2. The van der Waals surface area contributed by atoms with Crippen molar-refractivity contribution in [2.24, 2.45) is 7.05 Å². The van der Waals surface area contributed by atoms with Gasteiger partial charge in [-0.15, -0.1) is 11.3 Å². The molecule has 0 aliphatic carbocycles. The molecule has 0 radical (unpaired) electrons. The molecule has 4 rings (SSSR count). The number of benzene rings is 1. The number of rotatable bonds is 6. The van der Waals surface area contributed by atoms with Crippen LogP contribution in [0.2, 0.25) is 0 Å². The van der Waals surface area contributed by atoms with Gasteiger partial charge in [0, 0.05) is 7.05 Å². The fraction of sp³-hybridized carbons (Fsp3) is 0.273. The summed E-state index contributed by atoms with van der Waals surface area (Å²) in [4.78, 5) is 35.0. The van der Waals surface area contributed by atoms with E-state index in [1.54, 1.807) is 25.0 Å². The van der Waals surface area contributed by atoms with Crippen molar-refractivity contribution in [1.82, 2.24) is 34.8 Å². The third-order valence-corrected chi connectivity index (χ3v) is 6.46. The van der Waals surface area contributed by atoms with E-state index in [4.69, 9.17) is 0 Å². The van der Waals surface area contributed by atoms with Crippen LogP contribution in [0.3, 0.4) is 0 Å². The second-order valence-corrected chi connectivity index (χ2v) is 8.50. The lowest BCUT2D eigenvalue weighted by Crippen LogP contribution is -2.31. The van der Waals surface area contributed by atoms with Crippen molar-refractivity contribution in [3.8, 4) is 10.6 Å². The van der Waals surface area contributed by atoms with Crippen LogP contribution in [0.15, 0.2) is 47.8 Å². The summed E-state index contributed by atoms with van der Waals surface area (Å²) in [6, 6.07) is 9.39. The van der Waals surface area contributed by atoms with Crippen molar-refractivity contribution in [1.29, 1.82) is 0 Å². The predicted octanol–water partition coefficient (Wildman–Crippen LogP) is 2.59. The average molecular weight is 450 g/mol. The molecule has 164 valence electrons. The first kappa shape index (κ1) is 21.6. The zero-order valence-electron chi connectivity index (χ0n) is 18.2. The normalized spacial score (nSPS) is 12.0. The van der Waals surface area contributed by atoms with Crippen LogP contribution < -0.4 is 10.9 Å². The highest BCUT2D eigenvalue weighted by molar-refractivity contribution is 7.17. The molecule has 0 aliphatic heterocycles. The number of amides is 1. The Labute approximate surface area is 188 Å². The highest BCUT2D eigenvalue weighted by Crippen LogP contribution is 2.29. The van der Waals surface area contributed by atoms with Crippen LogP contribution in [0.1, 0.15) is 38.2 Å². The van der Waals surface area contributed by atoms with Gasteiger partial charge in [-0.05, 0) is 31.9 Å². The SMILES string of the molecule is Cc1nc(-c2c(C)c(C)nn(C)c2=O)sc1C(=O)NC(Cn1cncn1)c1ccccc1. The van der Waals surface area contributed by atoms with E-state index in [1.165, 1.54) is 22.3 Å². The largest absolute Gasteiger partial charge is 0.343 e. The summed E-state index contributed by atoms with van der Waals surface area (Å²) in [5.74, 6) is -0.250. The number of nitrogens with one attached hydrogen (secondary N) is 1. The zero-order chi connectivity index (χ0) is 22.8. The summed E-state index contributed by atoms with van der Waals surface area (Å²) in [6.45, 7) is 5.90. The van der Waals surface area contributed by atoms with Gasteiger partial charge in [0.2, 0.25) is 0 Å². The van der Waals surface area contributed by atoms with Gasteiger partial charge >= 0.3 is 0 Å². The van der Waals surface area contributed by atoms with Gasteiger partial charge in [0.1, 0.15) is 22.5 Å². The van der Waals surface area contributed by atoms with Crippen molar-refractivity contribution < 1.29 is 4.79 Å². The molecule has 9 nitrogen and oxygen atoms in total. The molecule has 1 N–H and O–H groups in total. The van der Waals surface area contributed by atoms with Crippen molar-refractivity contribution in [2.45, 2.75) is 33.4 Å². The van der Waals surface area contributed by atoms with Gasteiger partial charge in [-0.25, -0.2) is 14.6 Å². The Morgan fingerprint density at radius 3 is 2.59 bits per heavy atom. The standard InChI is InChI=1S/C22H23N7O2S/c1-13-14(2)27-28(4)22(31)18(13)21-25-15(3)19(32-21)20(30)26-17(10-29-12-23-11-24-29)16-8-6-5-7-9-16/h5-9,11-12,17H,10H2,1-4H3,(H,26,30). The predicted molar refractivity (Wildman–Crippen MR) is 121 cm³/mol. The number of aromatic nitrogens is 6. The Balaban J connectivity index is 1.66. The summed E-state index contributed by atoms with van der Waals surface area (Å²) in [5.41, 5.74) is 3.29. The summed E-state index contributed by atoms with van der Waals surface area (Å²) in [7, 11) is 1.61. The second-order valence-electron chi connectivity index (χ2n) is 7.50. The third kappa shape index (κ3) is 4.22. The van der Waals surface area contributed by atoms with Crippen molar-refractivity contribution in [2.75, 3.05) is 0 Å². The highest BCUT2D eigenvalue weighted by Gasteiger charge is 2.23. The Morgan fingerprint density at radius 1 is 1.16 bits per heavy atom. The molecule has 32 heavy (non-hydrogen) atoms. The van der Waals surface area contributed by atoms with Crippen LogP contribution in [0.25, 0.3) is 10.6 Å². The monoisotopic (exact) mass is 449 g/mol. The molecule has 4 aromatic rings. The topological polar surface area (TPSA) is 108 Å². The van der Waals surface area contributed by atoms with E-state index < -0.39 is 0 Å². The average Bonchev–Trinajstić information content (AvgIpc) is 3.42. The first-order valence-corrected chi connectivity index (χ1v) is 10.9. The molecule has 0 saturated heterocycles. The number of carbonyl (C=O) groups is 1. The summed E-state index contributed by atoms with van der Waals surface area (Å²) < 4.78 is 2.98. The molecule has 0 spiro atoms. The van der Waals surface area contributed by atoms with Crippen molar-refractivity contribution in [3.63, 3.8) is 0 Å². The van der Waals surface area contributed by atoms with Gasteiger partial charge in [0.25, 0.3) is 11.5 Å². The fourth-order valence-electron chi connectivity index (χ4n) is 3.47. The van der Waals surface area contributed by atoms with Gasteiger partial charge in [-0.1, -0.05) is 30.3 Å². The maximum Gasteiger partial charge on any atom is 0.277 e. The minimum Gasteiger partial charge on any atom is -0.343 e. The maximum atomic E-state index is 13.2. The summed E-state index contributed by atoms with van der Waals surface area (Å²) >= 11 is 1.21.